The Balaban J connectivity index is 1.80. The van der Waals surface area contributed by atoms with Gasteiger partial charge >= 0.3 is 0 Å². The molecule has 2 heteroatoms. The van der Waals surface area contributed by atoms with Crippen LogP contribution in [-0.4, -0.2) is 62.3 Å². The van der Waals surface area contributed by atoms with Crippen LogP contribution in [0.25, 0.3) is 0 Å². The van der Waals surface area contributed by atoms with Crippen LogP contribution in [-0.2, 0) is 0 Å². The van der Waals surface area contributed by atoms with E-state index in [2.05, 4.69) is 14.1 Å². The first-order valence-corrected chi connectivity index (χ1v) is 7.29. The number of piperidine rings is 2. The molecule has 2 aliphatic rings. The van der Waals surface area contributed by atoms with Gasteiger partial charge in [0.05, 0.1) is 40.3 Å². The summed E-state index contributed by atoms with van der Waals surface area (Å²) in [7, 11) is 4.96. The monoisotopic (exact) mass is 226 g/mol. The van der Waals surface area contributed by atoms with E-state index in [0.29, 0.717) is 0 Å². The lowest BCUT2D eigenvalue weighted by Crippen LogP contribution is -2.57. The highest BCUT2D eigenvalue weighted by Crippen LogP contribution is 2.20. The minimum Gasteiger partial charge on any atom is -0.321 e. The maximum absolute atomic E-state index is 2.48. The molecule has 2 saturated heterocycles. The molecule has 2 fully saturated rings. The van der Waals surface area contributed by atoms with Gasteiger partial charge in [0.15, 0.2) is 0 Å². The molecule has 2 heterocycles. The minimum absolute atomic E-state index is 1.36. The van der Waals surface area contributed by atoms with Crippen molar-refractivity contribution in [2.24, 2.45) is 0 Å². The summed E-state index contributed by atoms with van der Waals surface area (Å²) in [6, 6.07) is 0. The van der Waals surface area contributed by atoms with E-state index in [1.807, 2.05) is 0 Å². The second kappa shape index (κ2) is 5.05. The lowest BCUT2D eigenvalue weighted by Gasteiger charge is -2.43. The SMILES string of the molecule is C[N+]1(CC[N+]2(C)CCCCC2)CCCCC1. The molecule has 0 radical (unpaired) electrons. The molecule has 0 unspecified atom stereocenters. The molecule has 0 aliphatic carbocycles. The van der Waals surface area contributed by atoms with Gasteiger partial charge in [-0.15, -0.1) is 0 Å². The highest BCUT2D eigenvalue weighted by Gasteiger charge is 2.31. The molecule has 2 aliphatic heterocycles. The molecule has 0 spiro atoms. The smallest absolute Gasteiger partial charge is 0.128 e. The molecule has 0 amide bonds. The minimum atomic E-state index is 1.36. The van der Waals surface area contributed by atoms with Crippen molar-refractivity contribution in [2.45, 2.75) is 38.5 Å². The molecule has 0 N–H and O–H groups in total. The Kier molecular flexibility index (Phi) is 3.91. The molecular formula is C14H30N2+2. The summed E-state index contributed by atoms with van der Waals surface area (Å²) in [4.78, 5) is 0. The van der Waals surface area contributed by atoms with Gasteiger partial charge in [-0.25, -0.2) is 0 Å². The maximum Gasteiger partial charge on any atom is 0.128 e. The molecule has 0 atom stereocenters. The number of hydrogen-bond donors (Lipinski definition) is 0. The van der Waals surface area contributed by atoms with Gasteiger partial charge in [0.1, 0.15) is 13.1 Å². The second-order valence-electron chi connectivity index (χ2n) is 6.70. The maximum atomic E-state index is 2.48. The quantitative estimate of drug-likeness (QED) is 0.648. The van der Waals surface area contributed by atoms with E-state index in [-0.39, 0.29) is 0 Å². The van der Waals surface area contributed by atoms with Gasteiger partial charge in [0.2, 0.25) is 0 Å². The average molecular weight is 226 g/mol. The van der Waals surface area contributed by atoms with Crippen LogP contribution >= 0.6 is 0 Å². The first-order chi connectivity index (χ1) is 7.62. The number of likely N-dealkylation sites (N-methyl/N-ethyl adjacent to an activating group) is 2. The summed E-state index contributed by atoms with van der Waals surface area (Å²) in [5, 5.41) is 0. The van der Waals surface area contributed by atoms with E-state index < -0.39 is 0 Å². The second-order valence-corrected chi connectivity index (χ2v) is 6.70. The standard InChI is InChI=1S/C14H30N2/c1-15(9-5-3-6-10-15)13-14-16(2)11-7-4-8-12-16/h3-14H2,1-2H3/q+2. The van der Waals surface area contributed by atoms with Crippen LogP contribution in [0.15, 0.2) is 0 Å². The van der Waals surface area contributed by atoms with Crippen LogP contribution in [0.4, 0.5) is 0 Å². The van der Waals surface area contributed by atoms with E-state index in [0.717, 1.165) is 0 Å². The van der Waals surface area contributed by atoms with Gasteiger partial charge in [0.25, 0.3) is 0 Å². The third kappa shape index (κ3) is 3.21. The summed E-state index contributed by atoms with van der Waals surface area (Å²) in [6.45, 7) is 8.55. The molecule has 2 nitrogen and oxygen atoms in total. The molecule has 16 heavy (non-hydrogen) atoms. The predicted octanol–water partition coefficient (Wildman–Crippen LogP) is 2.25. The predicted molar refractivity (Wildman–Crippen MR) is 69.3 cm³/mol. The van der Waals surface area contributed by atoms with Gasteiger partial charge in [-0.1, -0.05) is 0 Å². The van der Waals surface area contributed by atoms with Crippen molar-refractivity contribution in [2.75, 3.05) is 53.4 Å². The van der Waals surface area contributed by atoms with Crippen LogP contribution in [0.5, 0.6) is 0 Å². The lowest BCUT2D eigenvalue weighted by atomic mass is 10.1. The van der Waals surface area contributed by atoms with Crippen LogP contribution in [0, 0.1) is 0 Å². The summed E-state index contributed by atoms with van der Waals surface area (Å²) < 4.78 is 2.71. The Morgan fingerprint density at radius 1 is 0.562 bits per heavy atom. The van der Waals surface area contributed by atoms with Crippen molar-refractivity contribution in [3.05, 3.63) is 0 Å². The Bertz CT molecular complexity index is 189. The van der Waals surface area contributed by atoms with E-state index in [1.54, 1.807) is 0 Å². The molecule has 0 aromatic rings. The molecule has 0 aromatic carbocycles. The molecule has 94 valence electrons. The van der Waals surface area contributed by atoms with Crippen LogP contribution in [0.1, 0.15) is 38.5 Å². The number of quaternary nitrogens is 2. The summed E-state index contributed by atoms with van der Waals surface area (Å²) in [6.07, 6.45) is 8.78. The zero-order valence-electron chi connectivity index (χ0n) is 11.4. The Hall–Kier alpha value is -0.0800. The Morgan fingerprint density at radius 2 is 0.875 bits per heavy atom. The zero-order chi connectivity index (χ0) is 11.5. The third-order valence-corrected chi connectivity index (χ3v) is 4.97. The van der Waals surface area contributed by atoms with Gasteiger partial charge in [-0.3, -0.25) is 0 Å². The summed E-state index contributed by atoms with van der Waals surface area (Å²) in [5.41, 5.74) is 0. The van der Waals surface area contributed by atoms with E-state index in [1.165, 1.54) is 86.8 Å². The highest BCUT2D eigenvalue weighted by molar-refractivity contribution is 4.55. The summed E-state index contributed by atoms with van der Waals surface area (Å²) in [5.74, 6) is 0. The fourth-order valence-electron chi connectivity index (χ4n) is 3.48. The first-order valence-electron chi connectivity index (χ1n) is 7.29. The van der Waals surface area contributed by atoms with Crippen molar-refractivity contribution in [1.29, 1.82) is 0 Å². The van der Waals surface area contributed by atoms with E-state index >= 15 is 0 Å². The number of rotatable bonds is 3. The molecule has 0 aromatic heterocycles. The van der Waals surface area contributed by atoms with E-state index in [4.69, 9.17) is 0 Å². The topological polar surface area (TPSA) is 0 Å². The number of nitrogens with zero attached hydrogens (tertiary/aromatic N) is 2. The Labute approximate surface area is 101 Å². The van der Waals surface area contributed by atoms with Crippen LogP contribution in [0.3, 0.4) is 0 Å². The average Bonchev–Trinajstić information content (AvgIpc) is 2.29. The van der Waals surface area contributed by atoms with Crippen molar-refractivity contribution in [1.82, 2.24) is 0 Å². The number of hydrogen-bond acceptors (Lipinski definition) is 0. The van der Waals surface area contributed by atoms with Gasteiger partial charge < -0.3 is 8.97 Å². The van der Waals surface area contributed by atoms with Crippen molar-refractivity contribution in [3.8, 4) is 0 Å². The van der Waals surface area contributed by atoms with Gasteiger partial charge in [-0.2, -0.15) is 0 Å². The summed E-state index contributed by atoms with van der Waals surface area (Å²) >= 11 is 0. The fraction of sp³-hybridized carbons (Fsp3) is 1.00. The van der Waals surface area contributed by atoms with Crippen LogP contribution < -0.4 is 0 Å². The van der Waals surface area contributed by atoms with E-state index in [9.17, 15) is 0 Å². The normalized spacial score (nSPS) is 28.9. The van der Waals surface area contributed by atoms with Crippen LogP contribution in [0.2, 0.25) is 0 Å². The number of likely N-dealkylation sites (tertiary alicyclic amines) is 2. The van der Waals surface area contributed by atoms with Crippen molar-refractivity contribution >= 4 is 0 Å². The molecule has 2 rings (SSSR count). The fourth-order valence-corrected chi connectivity index (χ4v) is 3.48. The molecular weight excluding hydrogens is 196 g/mol. The zero-order valence-corrected chi connectivity index (χ0v) is 11.4. The molecule has 0 saturated carbocycles. The van der Waals surface area contributed by atoms with Gasteiger partial charge in [0, 0.05) is 0 Å². The lowest BCUT2D eigenvalue weighted by molar-refractivity contribution is -0.967. The first kappa shape index (κ1) is 12.4. The largest absolute Gasteiger partial charge is 0.321 e. The Morgan fingerprint density at radius 3 is 1.19 bits per heavy atom. The van der Waals surface area contributed by atoms with Crippen molar-refractivity contribution < 1.29 is 8.97 Å². The van der Waals surface area contributed by atoms with Gasteiger partial charge in [-0.05, 0) is 38.5 Å². The highest BCUT2D eigenvalue weighted by atomic mass is 15.4. The third-order valence-electron chi connectivity index (χ3n) is 4.97. The van der Waals surface area contributed by atoms with Crippen molar-refractivity contribution in [3.63, 3.8) is 0 Å². The molecule has 0 bridgehead atoms.